The van der Waals surface area contributed by atoms with Crippen LogP contribution < -0.4 is 0 Å². The Bertz CT molecular complexity index is 267. The van der Waals surface area contributed by atoms with Gasteiger partial charge in [-0.1, -0.05) is 23.8 Å². The van der Waals surface area contributed by atoms with E-state index in [2.05, 4.69) is 9.59 Å². The summed E-state index contributed by atoms with van der Waals surface area (Å²) in [4.78, 5) is 11.4. The first-order valence-electron chi connectivity index (χ1n) is 4.16. The average molecular weight is 182 g/mol. The van der Waals surface area contributed by atoms with E-state index >= 15 is 0 Å². The zero-order valence-electron chi connectivity index (χ0n) is 6.69. The molecular weight excluding hydrogens is 172 g/mol. The Morgan fingerprint density at radius 1 is 1.67 bits per heavy atom. The van der Waals surface area contributed by atoms with E-state index in [0.717, 1.165) is 0 Å². The summed E-state index contributed by atoms with van der Waals surface area (Å²) in [6.45, 7) is 0. The first-order valence-corrected chi connectivity index (χ1v) is 5.00. The molecule has 1 saturated carbocycles. The van der Waals surface area contributed by atoms with Crippen molar-refractivity contribution in [2.75, 3.05) is 0 Å². The first-order chi connectivity index (χ1) is 5.86. The molecule has 0 spiro atoms. The van der Waals surface area contributed by atoms with E-state index in [-0.39, 0.29) is 5.78 Å². The van der Waals surface area contributed by atoms with Crippen molar-refractivity contribution in [3.8, 4) is 0 Å². The number of hydrogen-bond donors (Lipinski definition) is 0. The maximum absolute atomic E-state index is 11.4. The summed E-state index contributed by atoms with van der Waals surface area (Å²) in [5, 5.41) is 5.47. The number of nitrogens with zero attached hydrogens (tertiary/aromatic N) is 2. The molecule has 2 rings (SSSR count). The highest BCUT2D eigenvalue weighted by molar-refractivity contribution is 7.03. The van der Waals surface area contributed by atoms with Gasteiger partial charge < -0.3 is 0 Å². The van der Waals surface area contributed by atoms with E-state index in [0.29, 0.717) is 18.0 Å². The molecule has 1 aromatic rings. The fourth-order valence-corrected chi connectivity index (χ4v) is 1.81. The molecule has 4 heteroatoms. The summed E-state index contributed by atoms with van der Waals surface area (Å²) in [5.74, 6) is 0.785. The predicted octanol–water partition coefficient (Wildman–Crippen LogP) is 1.91. The third-order valence-electron chi connectivity index (χ3n) is 2.34. The van der Waals surface area contributed by atoms with Gasteiger partial charge in [-0.25, -0.2) is 0 Å². The molecule has 0 aliphatic heterocycles. The maximum atomic E-state index is 11.4. The van der Waals surface area contributed by atoms with Crippen molar-refractivity contribution in [2.24, 2.45) is 5.92 Å². The Morgan fingerprint density at radius 2 is 2.50 bits per heavy atom. The third kappa shape index (κ3) is 1.53. The Kier molecular flexibility index (Phi) is 2.17. The van der Waals surface area contributed by atoms with Crippen LogP contribution in [0.2, 0.25) is 0 Å². The SMILES string of the molecule is O=C(CC1CCC1)c1csnn1. The molecule has 0 saturated heterocycles. The lowest BCUT2D eigenvalue weighted by Gasteiger charge is -2.23. The third-order valence-corrected chi connectivity index (χ3v) is 2.85. The van der Waals surface area contributed by atoms with Crippen molar-refractivity contribution >= 4 is 17.3 Å². The molecule has 0 unspecified atom stereocenters. The molecule has 0 amide bonds. The standard InChI is InChI=1S/C8H10N2OS/c11-8(4-6-2-1-3-6)7-5-12-10-9-7/h5-6H,1-4H2. The van der Waals surface area contributed by atoms with Gasteiger partial charge >= 0.3 is 0 Å². The van der Waals surface area contributed by atoms with Crippen LogP contribution in [0.25, 0.3) is 0 Å². The van der Waals surface area contributed by atoms with Gasteiger partial charge in [0.25, 0.3) is 0 Å². The molecule has 0 bridgehead atoms. The highest BCUT2D eigenvalue weighted by Crippen LogP contribution is 2.30. The van der Waals surface area contributed by atoms with Crippen molar-refractivity contribution in [3.63, 3.8) is 0 Å². The van der Waals surface area contributed by atoms with Gasteiger partial charge in [-0.3, -0.25) is 4.79 Å². The molecule has 1 heterocycles. The lowest BCUT2D eigenvalue weighted by molar-refractivity contribution is 0.0931. The van der Waals surface area contributed by atoms with E-state index < -0.39 is 0 Å². The van der Waals surface area contributed by atoms with Crippen LogP contribution in [0.4, 0.5) is 0 Å². The Labute approximate surface area is 75.0 Å². The summed E-state index contributed by atoms with van der Waals surface area (Å²) in [7, 11) is 0. The zero-order valence-corrected chi connectivity index (χ0v) is 7.51. The molecule has 0 radical (unpaired) electrons. The topological polar surface area (TPSA) is 42.9 Å². The highest BCUT2D eigenvalue weighted by atomic mass is 32.1. The van der Waals surface area contributed by atoms with Crippen molar-refractivity contribution in [1.29, 1.82) is 0 Å². The second-order valence-corrected chi connectivity index (χ2v) is 3.82. The van der Waals surface area contributed by atoms with E-state index in [1.807, 2.05) is 0 Å². The summed E-state index contributed by atoms with van der Waals surface area (Å²) >= 11 is 1.24. The molecule has 1 fully saturated rings. The van der Waals surface area contributed by atoms with E-state index in [4.69, 9.17) is 0 Å². The summed E-state index contributed by atoms with van der Waals surface area (Å²) in [6, 6.07) is 0. The molecule has 0 atom stereocenters. The number of Topliss-reactive ketones (excluding diaryl/α,β-unsaturated/α-hetero) is 1. The largest absolute Gasteiger partial charge is 0.292 e. The molecule has 12 heavy (non-hydrogen) atoms. The maximum Gasteiger partial charge on any atom is 0.184 e. The molecule has 1 aliphatic rings. The van der Waals surface area contributed by atoms with Crippen molar-refractivity contribution in [3.05, 3.63) is 11.1 Å². The van der Waals surface area contributed by atoms with Crippen LogP contribution in [0.1, 0.15) is 36.2 Å². The van der Waals surface area contributed by atoms with Crippen LogP contribution >= 0.6 is 11.5 Å². The minimum Gasteiger partial charge on any atom is -0.292 e. The fourth-order valence-electron chi connectivity index (χ4n) is 1.35. The van der Waals surface area contributed by atoms with E-state index in [1.165, 1.54) is 30.8 Å². The van der Waals surface area contributed by atoms with Crippen LogP contribution in [0, 0.1) is 5.92 Å². The van der Waals surface area contributed by atoms with Crippen molar-refractivity contribution in [1.82, 2.24) is 9.59 Å². The van der Waals surface area contributed by atoms with Gasteiger partial charge in [0, 0.05) is 11.8 Å². The number of carbonyl (C=O) groups excluding carboxylic acids is 1. The number of carbonyl (C=O) groups is 1. The minimum atomic E-state index is 0.161. The molecule has 0 aromatic carbocycles. The van der Waals surface area contributed by atoms with E-state index in [1.54, 1.807) is 5.38 Å². The number of rotatable bonds is 3. The van der Waals surface area contributed by atoms with E-state index in [9.17, 15) is 4.79 Å². The lowest BCUT2D eigenvalue weighted by Crippen LogP contribution is -2.16. The number of aromatic nitrogens is 2. The molecule has 64 valence electrons. The monoisotopic (exact) mass is 182 g/mol. The van der Waals surface area contributed by atoms with Gasteiger partial charge in [0.2, 0.25) is 0 Å². The fraction of sp³-hybridized carbons (Fsp3) is 0.625. The van der Waals surface area contributed by atoms with Crippen LogP contribution in [0.5, 0.6) is 0 Å². The Morgan fingerprint density at radius 3 is 3.00 bits per heavy atom. The van der Waals surface area contributed by atoms with Crippen LogP contribution in [-0.2, 0) is 0 Å². The predicted molar refractivity (Wildman–Crippen MR) is 46.2 cm³/mol. The van der Waals surface area contributed by atoms with Gasteiger partial charge in [-0.2, -0.15) is 0 Å². The van der Waals surface area contributed by atoms with Crippen LogP contribution in [0.3, 0.4) is 0 Å². The highest BCUT2D eigenvalue weighted by Gasteiger charge is 2.22. The van der Waals surface area contributed by atoms with Gasteiger partial charge in [-0.05, 0) is 17.5 Å². The number of ketones is 1. The van der Waals surface area contributed by atoms with Crippen LogP contribution in [0.15, 0.2) is 5.38 Å². The van der Waals surface area contributed by atoms with Gasteiger partial charge in [0.15, 0.2) is 5.78 Å². The number of hydrogen-bond acceptors (Lipinski definition) is 4. The second-order valence-electron chi connectivity index (χ2n) is 3.21. The molecule has 0 N–H and O–H groups in total. The molecular formula is C8H10N2OS. The zero-order chi connectivity index (χ0) is 8.39. The van der Waals surface area contributed by atoms with Gasteiger partial charge in [0.1, 0.15) is 5.69 Å². The normalized spacial score (nSPS) is 17.3. The molecule has 1 aliphatic carbocycles. The molecule has 3 nitrogen and oxygen atoms in total. The summed E-state index contributed by atoms with van der Waals surface area (Å²) in [5.41, 5.74) is 0.548. The summed E-state index contributed by atoms with van der Waals surface area (Å²) in [6.07, 6.45) is 4.38. The first kappa shape index (κ1) is 7.86. The summed E-state index contributed by atoms with van der Waals surface area (Å²) < 4.78 is 3.67. The quantitative estimate of drug-likeness (QED) is 0.670. The molecule has 1 aromatic heterocycles. The Hall–Kier alpha value is -0.770. The van der Waals surface area contributed by atoms with Gasteiger partial charge in [-0.15, -0.1) is 5.10 Å². The van der Waals surface area contributed by atoms with Gasteiger partial charge in [0.05, 0.1) is 0 Å². The van der Waals surface area contributed by atoms with Crippen molar-refractivity contribution in [2.45, 2.75) is 25.7 Å². The second kappa shape index (κ2) is 3.31. The lowest BCUT2D eigenvalue weighted by atomic mass is 9.81. The minimum absolute atomic E-state index is 0.161. The average Bonchev–Trinajstić information content (AvgIpc) is 2.47. The Balaban J connectivity index is 1.92. The van der Waals surface area contributed by atoms with Crippen molar-refractivity contribution < 1.29 is 4.79 Å². The smallest absolute Gasteiger partial charge is 0.184 e. The van der Waals surface area contributed by atoms with Crippen LogP contribution in [-0.4, -0.2) is 15.4 Å².